The molecule has 1 aliphatic carbocycles. The molecule has 29 heavy (non-hydrogen) atoms. The van der Waals surface area contributed by atoms with Crippen molar-refractivity contribution in [3.63, 3.8) is 0 Å². The highest BCUT2D eigenvalue weighted by atomic mass is 16.5. The Morgan fingerprint density at radius 3 is 2.86 bits per heavy atom. The Morgan fingerprint density at radius 1 is 1.21 bits per heavy atom. The molecule has 0 N–H and O–H groups in total. The number of hydrogen-bond donors (Lipinski definition) is 0. The highest BCUT2D eigenvalue weighted by molar-refractivity contribution is 5.99. The van der Waals surface area contributed by atoms with Crippen molar-refractivity contribution in [2.24, 2.45) is 11.8 Å². The highest BCUT2D eigenvalue weighted by Gasteiger charge is 2.71. The van der Waals surface area contributed by atoms with E-state index in [9.17, 15) is 4.79 Å². The molecule has 0 radical (unpaired) electrons. The zero-order valence-corrected chi connectivity index (χ0v) is 16.9. The molecule has 1 spiro atoms. The average molecular weight is 394 g/mol. The molecule has 6 heteroatoms. The van der Waals surface area contributed by atoms with Gasteiger partial charge in [-0.1, -0.05) is 11.6 Å². The fourth-order valence-electron chi connectivity index (χ4n) is 7.87. The first kappa shape index (κ1) is 16.7. The molecular formula is C23H26N2O4. The maximum Gasteiger partial charge on any atom is 0.229 e. The summed E-state index contributed by atoms with van der Waals surface area (Å²) in [5, 5.41) is 0. The van der Waals surface area contributed by atoms with Gasteiger partial charge in [-0.15, -0.1) is 0 Å². The zero-order chi connectivity index (χ0) is 19.5. The first-order valence-corrected chi connectivity index (χ1v) is 10.8. The second kappa shape index (κ2) is 5.35. The number of rotatable bonds is 2. The molecule has 1 unspecified atom stereocenters. The molecule has 7 rings (SSSR count). The van der Waals surface area contributed by atoms with Crippen molar-refractivity contribution in [1.82, 2.24) is 4.90 Å². The lowest BCUT2D eigenvalue weighted by atomic mass is 9.53. The van der Waals surface area contributed by atoms with E-state index in [0.29, 0.717) is 36.7 Å². The van der Waals surface area contributed by atoms with Crippen LogP contribution in [-0.4, -0.2) is 62.9 Å². The van der Waals surface area contributed by atoms with Gasteiger partial charge in [0.25, 0.3) is 0 Å². The summed E-state index contributed by atoms with van der Waals surface area (Å²) in [7, 11) is 3.36. The highest BCUT2D eigenvalue weighted by Crippen LogP contribution is 2.66. The van der Waals surface area contributed by atoms with Gasteiger partial charge in [0, 0.05) is 30.0 Å². The van der Waals surface area contributed by atoms with E-state index in [2.05, 4.69) is 21.9 Å². The van der Waals surface area contributed by atoms with Crippen molar-refractivity contribution in [1.29, 1.82) is 0 Å². The fraction of sp³-hybridized carbons (Fsp3) is 0.609. The minimum absolute atomic E-state index is 0.0242. The van der Waals surface area contributed by atoms with Gasteiger partial charge < -0.3 is 19.1 Å². The van der Waals surface area contributed by atoms with Crippen LogP contribution >= 0.6 is 0 Å². The van der Waals surface area contributed by atoms with E-state index < -0.39 is 0 Å². The Bertz CT molecular complexity index is 974. The van der Waals surface area contributed by atoms with Gasteiger partial charge in [0.15, 0.2) is 11.5 Å². The molecule has 1 amide bonds. The zero-order valence-electron chi connectivity index (χ0n) is 16.9. The van der Waals surface area contributed by atoms with Gasteiger partial charge in [0.1, 0.15) is 0 Å². The molecular weight excluding hydrogens is 368 g/mol. The van der Waals surface area contributed by atoms with Gasteiger partial charge >= 0.3 is 0 Å². The molecule has 0 aromatic heterocycles. The van der Waals surface area contributed by atoms with Crippen molar-refractivity contribution >= 4 is 11.6 Å². The number of carbonyl (C=O) groups is 1. The minimum Gasteiger partial charge on any atom is -0.493 e. The number of amides is 1. The van der Waals surface area contributed by atoms with E-state index in [4.69, 9.17) is 14.2 Å². The van der Waals surface area contributed by atoms with E-state index >= 15 is 0 Å². The van der Waals surface area contributed by atoms with Crippen LogP contribution in [0.1, 0.15) is 24.8 Å². The molecule has 6 nitrogen and oxygen atoms in total. The lowest BCUT2D eigenvalue weighted by Gasteiger charge is -2.58. The van der Waals surface area contributed by atoms with Gasteiger partial charge in [-0.3, -0.25) is 9.69 Å². The molecule has 6 aliphatic rings. The number of carbonyl (C=O) groups excluding carboxylic acids is 1. The van der Waals surface area contributed by atoms with Crippen LogP contribution in [0.5, 0.6) is 11.5 Å². The van der Waals surface area contributed by atoms with Crippen molar-refractivity contribution in [2.45, 2.75) is 42.9 Å². The standard InChI is InChI=1S/C23H26N2O4/c1-27-16-8-14-15(9-17(16)28-2)25-20(26)10-18-21-13-7-19-23(14,22(21)25)4-5-24(19)11-12(13)3-6-29-18/h3,8-9,13,18-19,21-22H,4-7,10-11H2,1-2H3/t13-,18-,19+,21-,22?,23+/m0/s1. The summed E-state index contributed by atoms with van der Waals surface area (Å²) in [6.07, 6.45) is 5.11. The van der Waals surface area contributed by atoms with Gasteiger partial charge in [-0.2, -0.15) is 0 Å². The summed E-state index contributed by atoms with van der Waals surface area (Å²) >= 11 is 0. The molecule has 152 valence electrons. The number of piperidine rings is 2. The van der Waals surface area contributed by atoms with Crippen LogP contribution in [0.15, 0.2) is 23.8 Å². The van der Waals surface area contributed by atoms with E-state index in [-0.39, 0.29) is 23.5 Å². The smallest absolute Gasteiger partial charge is 0.229 e. The SMILES string of the molecule is COc1cc2c(cc1OC)[C@@]13CCN4CC5=CCO[C@H]6CC(=O)N2C1[C@H]6[C@H]5C[C@@H]43. The third kappa shape index (κ3) is 1.76. The quantitative estimate of drug-likeness (QED) is 0.719. The molecule has 3 saturated heterocycles. The molecule has 2 bridgehead atoms. The number of benzene rings is 1. The summed E-state index contributed by atoms with van der Waals surface area (Å²) in [5.74, 6) is 2.57. The third-order valence-electron chi connectivity index (χ3n) is 8.81. The Hall–Kier alpha value is -2.05. The van der Waals surface area contributed by atoms with Gasteiger partial charge in [0.2, 0.25) is 5.91 Å². The topological polar surface area (TPSA) is 51.2 Å². The summed E-state index contributed by atoms with van der Waals surface area (Å²) < 4.78 is 17.6. The van der Waals surface area contributed by atoms with Crippen LogP contribution in [0.2, 0.25) is 0 Å². The van der Waals surface area contributed by atoms with E-state index in [0.717, 1.165) is 30.9 Å². The van der Waals surface area contributed by atoms with Crippen LogP contribution in [0.4, 0.5) is 5.69 Å². The van der Waals surface area contributed by atoms with Crippen molar-refractivity contribution < 1.29 is 19.0 Å². The molecule has 1 saturated carbocycles. The monoisotopic (exact) mass is 394 g/mol. The van der Waals surface area contributed by atoms with Gasteiger partial charge in [0.05, 0.1) is 45.1 Å². The summed E-state index contributed by atoms with van der Waals surface area (Å²) in [5.41, 5.74) is 3.85. The largest absolute Gasteiger partial charge is 0.493 e. The Labute approximate surface area is 170 Å². The number of nitrogens with zero attached hydrogens (tertiary/aromatic N) is 2. The van der Waals surface area contributed by atoms with E-state index in [1.165, 1.54) is 12.0 Å². The van der Waals surface area contributed by atoms with Gasteiger partial charge in [-0.25, -0.2) is 0 Å². The van der Waals surface area contributed by atoms with Crippen molar-refractivity contribution in [2.75, 3.05) is 38.8 Å². The maximum absolute atomic E-state index is 13.5. The van der Waals surface area contributed by atoms with Crippen molar-refractivity contribution in [3.8, 4) is 11.5 Å². The first-order chi connectivity index (χ1) is 14.2. The predicted octanol–water partition coefficient (Wildman–Crippen LogP) is 2.11. The Balaban J connectivity index is 1.52. The molecule has 4 fully saturated rings. The van der Waals surface area contributed by atoms with Crippen LogP contribution in [0.25, 0.3) is 0 Å². The van der Waals surface area contributed by atoms with Crippen LogP contribution < -0.4 is 14.4 Å². The first-order valence-electron chi connectivity index (χ1n) is 10.8. The minimum atomic E-state index is -0.0242. The molecule has 5 aliphatic heterocycles. The molecule has 1 aromatic rings. The number of anilines is 1. The van der Waals surface area contributed by atoms with Crippen molar-refractivity contribution in [3.05, 3.63) is 29.3 Å². The normalized spacial score (nSPS) is 41.0. The molecule has 6 atom stereocenters. The molecule has 1 aromatic carbocycles. The lowest BCUT2D eigenvalue weighted by molar-refractivity contribution is -0.132. The van der Waals surface area contributed by atoms with E-state index in [1.54, 1.807) is 19.8 Å². The third-order valence-corrected chi connectivity index (χ3v) is 8.81. The summed E-state index contributed by atoms with van der Waals surface area (Å²) in [4.78, 5) is 18.3. The summed E-state index contributed by atoms with van der Waals surface area (Å²) in [6.45, 7) is 2.80. The van der Waals surface area contributed by atoms with Crippen LogP contribution in [0.3, 0.4) is 0 Å². The van der Waals surface area contributed by atoms with E-state index in [1.807, 2.05) is 6.07 Å². The number of fused-ring (bicyclic) bond motifs is 2. The number of ether oxygens (including phenoxy) is 3. The second-order valence-electron chi connectivity index (χ2n) is 9.48. The Morgan fingerprint density at radius 2 is 2.03 bits per heavy atom. The number of methoxy groups -OCH3 is 2. The van der Waals surface area contributed by atoms with Crippen LogP contribution in [0, 0.1) is 11.8 Å². The van der Waals surface area contributed by atoms with Gasteiger partial charge in [-0.05, 0) is 36.9 Å². The maximum atomic E-state index is 13.5. The predicted molar refractivity (Wildman–Crippen MR) is 107 cm³/mol. The number of hydrogen-bond acceptors (Lipinski definition) is 5. The second-order valence-corrected chi connectivity index (χ2v) is 9.48. The van der Waals surface area contributed by atoms with Crippen LogP contribution in [-0.2, 0) is 14.9 Å². The lowest BCUT2D eigenvalue weighted by Crippen LogP contribution is -2.69. The summed E-state index contributed by atoms with van der Waals surface area (Å²) in [6, 6.07) is 4.87. The average Bonchev–Trinajstić information content (AvgIpc) is 3.20. The molecule has 5 heterocycles. The fourth-order valence-corrected chi connectivity index (χ4v) is 7.87. The Kier molecular flexibility index (Phi) is 3.08.